The summed E-state index contributed by atoms with van der Waals surface area (Å²) in [6.45, 7) is 4.74. The van der Waals surface area contributed by atoms with Crippen molar-refractivity contribution in [1.82, 2.24) is 0 Å². The molecule has 1 atom stereocenters. The van der Waals surface area contributed by atoms with Gasteiger partial charge in [0.05, 0.1) is 17.5 Å². The molecule has 0 aliphatic rings. The Morgan fingerprint density at radius 1 is 1.09 bits per heavy atom. The Bertz CT molecular complexity index is 1310. The zero-order chi connectivity index (χ0) is 25.7. The number of Topliss-reactive ketones (excluding diaryl/α,β-unsaturated/α-hetero) is 1. The fourth-order valence-electron chi connectivity index (χ4n) is 3.78. The number of hydrogen-bond donors (Lipinski definition) is 3. The Morgan fingerprint density at radius 3 is 2.46 bits per heavy atom. The predicted molar refractivity (Wildman–Crippen MR) is 128 cm³/mol. The molecular weight excluding hydrogens is 456 g/mol. The maximum absolute atomic E-state index is 12.2. The second-order valence-electron chi connectivity index (χ2n) is 8.24. The molecule has 1 aromatic heterocycles. The van der Waals surface area contributed by atoms with Crippen molar-refractivity contribution < 1.29 is 38.8 Å². The molecule has 186 valence electrons. The molecule has 0 spiro atoms. The highest BCUT2D eigenvalue weighted by molar-refractivity contribution is 5.97. The summed E-state index contributed by atoms with van der Waals surface area (Å²) in [5.74, 6) is -0.752. The van der Waals surface area contributed by atoms with Crippen LogP contribution in [-0.4, -0.2) is 46.4 Å². The molecule has 3 aromatic rings. The van der Waals surface area contributed by atoms with Crippen LogP contribution in [0.2, 0.25) is 0 Å². The number of carboxylic acid groups (broad SMARTS) is 1. The number of ether oxygens (including phenoxy) is 2. The van der Waals surface area contributed by atoms with Gasteiger partial charge in [0, 0.05) is 17.0 Å². The molecule has 0 aliphatic carbocycles. The molecule has 0 bridgehead atoms. The number of carboxylic acids is 1. The average Bonchev–Trinajstić information content (AvgIpc) is 2.80. The first-order valence-electron chi connectivity index (χ1n) is 11.2. The van der Waals surface area contributed by atoms with E-state index in [1.807, 2.05) is 6.92 Å². The minimum absolute atomic E-state index is 0.0936. The van der Waals surface area contributed by atoms with Crippen molar-refractivity contribution in [2.24, 2.45) is 0 Å². The van der Waals surface area contributed by atoms with Crippen molar-refractivity contribution in [2.45, 2.75) is 46.1 Å². The van der Waals surface area contributed by atoms with Gasteiger partial charge in [0.15, 0.2) is 5.78 Å². The normalized spacial score (nSPS) is 11.9. The Labute approximate surface area is 201 Å². The SMILES string of the molecule is CCCc1c(OCC(O)COc2ccc3c(C)c(CC(=O)O)c(=O)oc3c2)ccc(C(C)=O)c1O. The van der Waals surface area contributed by atoms with E-state index in [0.717, 1.165) is 6.42 Å². The Kier molecular flexibility index (Phi) is 8.14. The van der Waals surface area contributed by atoms with Gasteiger partial charge in [-0.2, -0.15) is 0 Å². The molecule has 0 amide bonds. The minimum Gasteiger partial charge on any atom is -0.507 e. The van der Waals surface area contributed by atoms with Crippen molar-refractivity contribution in [3.05, 3.63) is 63.0 Å². The molecule has 0 fully saturated rings. The number of ketones is 1. The summed E-state index contributed by atoms with van der Waals surface area (Å²) < 4.78 is 16.6. The Hall–Kier alpha value is -3.85. The van der Waals surface area contributed by atoms with Gasteiger partial charge in [-0.3, -0.25) is 9.59 Å². The van der Waals surface area contributed by atoms with E-state index in [1.54, 1.807) is 25.1 Å². The smallest absolute Gasteiger partial charge is 0.340 e. The summed E-state index contributed by atoms with van der Waals surface area (Å²) in [6, 6.07) is 7.88. The van der Waals surface area contributed by atoms with Crippen LogP contribution >= 0.6 is 0 Å². The maximum atomic E-state index is 12.2. The van der Waals surface area contributed by atoms with E-state index >= 15 is 0 Å². The number of benzene rings is 2. The number of aliphatic carboxylic acids is 1. The van der Waals surface area contributed by atoms with E-state index in [4.69, 9.17) is 19.0 Å². The molecular formula is C26H28O9. The third-order valence-corrected chi connectivity index (χ3v) is 5.58. The number of aliphatic hydroxyl groups excluding tert-OH is 1. The van der Waals surface area contributed by atoms with Crippen LogP contribution in [0.3, 0.4) is 0 Å². The highest BCUT2D eigenvalue weighted by atomic mass is 16.5. The van der Waals surface area contributed by atoms with Crippen LogP contribution in [-0.2, 0) is 17.6 Å². The van der Waals surface area contributed by atoms with Gasteiger partial charge >= 0.3 is 11.6 Å². The summed E-state index contributed by atoms with van der Waals surface area (Å²) in [6.07, 6.45) is -0.206. The lowest BCUT2D eigenvalue weighted by Gasteiger charge is -2.17. The first kappa shape index (κ1) is 25.8. The van der Waals surface area contributed by atoms with Crippen molar-refractivity contribution in [3.8, 4) is 17.2 Å². The number of rotatable bonds is 11. The molecule has 3 rings (SSSR count). The van der Waals surface area contributed by atoms with Gasteiger partial charge in [-0.05, 0) is 50.1 Å². The lowest BCUT2D eigenvalue weighted by Crippen LogP contribution is -2.25. The Morgan fingerprint density at radius 2 is 1.80 bits per heavy atom. The molecule has 1 heterocycles. The predicted octanol–water partition coefficient (Wildman–Crippen LogP) is 3.41. The fraction of sp³-hybridized carbons (Fsp3) is 0.346. The number of aliphatic hydroxyl groups is 1. The lowest BCUT2D eigenvalue weighted by molar-refractivity contribution is -0.136. The Balaban J connectivity index is 1.68. The van der Waals surface area contributed by atoms with Gasteiger partial charge in [0.2, 0.25) is 0 Å². The van der Waals surface area contributed by atoms with E-state index < -0.39 is 24.1 Å². The summed E-state index contributed by atoms with van der Waals surface area (Å²) in [5, 5.41) is 30.3. The van der Waals surface area contributed by atoms with Crippen LogP contribution in [0, 0.1) is 6.92 Å². The van der Waals surface area contributed by atoms with Crippen LogP contribution in [0.4, 0.5) is 0 Å². The molecule has 3 N–H and O–H groups in total. The number of aromatic hydroxyl groups is 1. The highest BCUT2D eigenvalue weighted by Crippen LogP contribution is 2.33. The van der Waals surface area contributed by atoms with Crippen LogP contribution < -0.4 is 15.1 Å². The van der Waals surface area contributed by atoms with E-state index in [2.05, 4.69) is 0 Å². The second-order valence-corrected chi connectivity index (χ2v) is 8.24. The molecule has 9 nitrogen and oxygen atoms in total. The third-order valence-electron chi connectivity index (χ3n) is 5.58. The number of carbonyl (C=O) groups excluding carboxylic acids is 1. The standard InChI is InChI=1S/C26H28O9/c1-4-5-20-22(9-8-19(15(3)27)25(20)31)34-13-16(28)12-33-17-6-7-18-14(2)21(11-24(29)30)26(32)35-23(18)10-17/h6-10,16,28,31H,4-5,11-13H2,1-3H3,(H,29,30). The third kappa shape index (κ3) is 5.99. The number of carbonyl (C=O) groups is 2. The molecule has 35 heavy (non-hydrogen) atoms. The quantitative estimate of drug-likeness (QED) is 0.275. The summed E-state index contributed by atoms with van der Waals surface area (Å²) in [5.41, 5.74) is 0.880. The number of phenols is 1. The average molecular weight is 485 g/mol. The van der Waals surface area contributed by atoms with Gasteiger partial charge in [-0.1, -0.05) is 13.3 Å². The summed E-state index contributed by atoms with van der Waals surface area (Å²) in [4.78, 5) is 34.9. The van der Waals surface area contributed by atoms with Gasteiger partial charge in [0.1, 0.15) is 42.1 Å². The van der Waals surface area contributed by atoms with E-state index in [9.17, 15) is 24.6 Å². The van der Waals surface area contributed by atoms with Crippen molar-refractivity contribution in [2.75, 3.05) is 13.2 Å². The minimum atomic E-state index is -1.12. The number of aryl methyl sites for hydroxylation is 1. The maximum Gasteiger partial charge on any atom is 0.340 e. The monoisotopic (exact) mass is 484 g/mol. The fourth-order valence-corrected chi connectivity index (χ4v) is 3.78. The van der Waals surface area contributed by atoms with E-state index in [-0.39, 0.29) is 41.5 Å². The highest BCUT2D eigenvalue weighted by Gasteiger charge is 2.18. The molecule has 0 aliphatic heterocycles. The van der Waals surface area contributed by atoms with Gasteiger partial charge in [-0.25, -0.2) is 4.79 Å². The van der Waals surface area contributed by atoms with Crippen LogP contribution in [0.1, 0.15) is 47.3 Å². The van der Waals surface area contributed by atoms with Crippen molar-refractivity contribution in [1.29, 1.82) is 0 Å². The van der Waals surface area contributed by atoms with Gasteiger partial charge in [0.25, 0.3) is 0 Å². The first-order valence-corrected chi connectivity index (χ1v) is 11.2. The molecule has 0 saturated carbocycles. The number of fused-ring (bicyclic) bond motifs is 1. The van der Waals surface area contributed by atoms with Gasteiger partial charge < -0.3 is 29.2 Å². The molecule has 1 unspecified atom stereocenters. The second kappa shape index (κ2) is 11.1. The topological polar surface area (TPSA) is 144 Å². The molecule has 0 saturated heterocycles. The van der Waals surface area contributed by atoms with Crippen LogP contribution in [0.15, 0.2) is 39.5 Å². The molecule has 0 radical (unpaired) electrons. The molecule has 9 heteroatoms. The van der Waals surface area contributed by atoms with Crippen molar-refractivity contribution in [3.63, 3.8) is 0 Å². The number of hydrogen-bond acceptors (Lipinski definition) is 8. The largest absolute Gasteiger partial charge is 0.507 e. The summed E-state index contributed by atoms with van der Waals surface area (Å²) in [7, 11) is 0. The zero-order valence-electron chi connectivity index (χ0n) is 19.8. The van der Waals surface area contributed by atoms with E-state index in [1.165, 1.54) is 19.1 Å². The van der Waals surface area contributed by atoms with Gasteiger partial charge in [-0.15, -0.1) is 0 Å². The zero-order valence-corrected chi connectivity index (χ0v) is 19.8. The summed E-state index contributed by atoms with van der Waals surface area (Å²) >= 11 is 0. The first-order chi connectivity index (χ1) is 16.6. The number of phenolic OH excluding ortho intramolecular Hbond substituents is 1. The van der Waals surface area contributed by atoms with Crippen molar-refractivity contribution >= 4 is 22.7 Å². The van der Waals surface area contributed by atoms with E-state index in [0.29, 0.717) is 34.4 Å². The van der Waals surface area contributed by atoms with Crippen LogP contribution in [0.5, 0.6) is 17.2 Å². The molecule has 2 aromatic carbocycles. The van der Waals surface area contributed by atoms with Crippen LogP contribution in [0.25, 0.3) is 11.0 Å². The lowest BCUT2D eigenvalue weighted by atomic mass is 10.0.